The molecule has 7 heteroatoms. The number of amides is 3. The van der Waals surface area contributed by atoms with E-state index < -0.39 is 17.6 Å². The van der Waals surface area contributed by atoms with Crippen LogP contribution in [0.3, 0.4) is 0 Å². The van der Waals surface area contributed by atoms with E-state index >= 15 is 0 Å². The lowest BCUT2D eigenvalue weighted by Gasteiger charge is -2.34. The number of likely N-dealkylation sites (N-methyl/N-ethyl adjacent to an activating group) is 2. The normalized spacial score (nSPS) is 12.9. The van der Waals surface area contributed by atoms with Crippen molar-refractivity contribution in [1.29, 1.82) is 0 Å². The minimum Gasteiger partial charge on any atom is -0.350 e. The number of hydrogen-bond donors (Lipinski definition) is 2. The summed E-state index contributed by atoms with van der Waals surface area (Å²) in [5.74, 6) is -0.885. The maximum absolute atomic E-state index is 14.4. The second kappa shape index (κ2) is 15.3. The van der Waals surface area contributed by atoms with Crippen LogP contribution >= 0.6 is 0 Å². The van der Waals surface area contributed by atoms with Gasteiger partial charge in [-0.15, -0.1) is 0 Å². The van der Waals surface area contributed by atoms with Crippen molar-refractivity contribution in [1.82, 2.24) is 15.1 Å². The number of rotatable bonds is 13. The fourth-order valence-corrected chi connectivity index (χ4v) is 5.25. The molecule has 0 aliphatic heterocycles. The number of nitrogens with zero attached hydrogens (tertiary/aromatic N) is 2. The van der Waals surface area contributed by atoms with Crippen LogP contribution in [0, 0.1) is 0 Å². The van der Waals surface area contributed by atoms with E-state index in [0.29, 0.717) is 19.4 Å². The van der Waals surface area contributed by atoms with Crippen LogP contribution < -0.4 is 11.1 Å². The zero-order chi connectivity index (χ0) is 32.4. The van der Waals surface area contributed by atoms with E-state index in [9.17, 15) is 14.4 Å². The molecule has 45 heavy (non-hydrogen) atoms. The van der Waals surface area contributed by atoms with E-state index in [2.05, 4.69) is 11.4 Å². The number of carbonyl (C=O) groups is 3. The first-order chi connectivity index (χ1) is 21.5. The van der Waals surface area contributed by atoms with Gasteiger partial charge < -0.3 is 20.9 Å². The van der Waals surface area contributed by atoms with Gasteiger partial charge in [0.05, 0.1) is 0 Å². The number of benzene rings is 4. The summed E-state index contributed by atoms with van der Waals surface area (Å²) in [7, 11) is 3.29. The number of hydrogen-bond acceptors (Lipinski definition) is 4. The Hall–Kier alpha value is -4.75. The lowest BCUT2D eigenvalue weighted by molar-refractivity contribution is -0.146. The molecule has 4 aromatic carbocycles. The third-order valence-corrected chi connectivity index (χ3v) is 7.95. The zero-order valence-corrected chi connectivity index (χ0v) is 26.6. The van der Waals surface area contributed by atoms with Gasteiger partial charge in [0.15, 0.2) is 0 Å². The second-order valence-corrected chi connectivity index (χ2v) is 12.3. The van der Waals surface area contributed by atoms with E-state index in [4.69, 9.17) is 5.73 Å². The van der Waals surface area contributed by atoms with Gasteiger partial charge in [0.1, 0.15) is 12.1 Å². The molecule has 7 nitrogen and oxygen atoms in total. The van der Waals surface area contributed by atoms with Gasteiger partial charge in [0.2, 0.25) is 17.7 Å². The molecule has 1 unspecified atom stereocenters. The first-order valence-corrected chi connectivity index (χ1v) is 15.3. The van der Waals surface area contributed by atoms with Crippen LogP contribution in [0.4, 0.5) is 0 Å². The maximum Gasteiger partial charge on any atom is 0.246 e. The SMILES string of the molecule is CN(C(=O)[C@@H](Cc1ccc2ccccc2c1)N(C)C(=O)C=CCC(C)(C)N)C(Cc1ccccc1)C(=O)NCc1ccccc1. The predicted octanol–water partition coefficient (Wildman–Crippen LogP) is 5.28. The molecule has 0 aliphatic carbocycles. The van der Waals surface area contributed by atoms with Gasteiger partial charge in [-0.05, 0) is 53.8 Å². The topological polar surface area (TPSA) is 95.7 Å². The maximum atomic E-state index is 14.4. The van der Waals surface area contributed by atoms with Crippen molar-refractivity contribution in [2.45, 2.75) is 57.3 Å². The fourth-order valence-electron chi connectivity index (χ4n) is 5.25. The van der Waals surface area contributed by atoms with Gasteiger partial charge in [-0.1, -0.05) is 109 Å². The molecule has 0 aliphatic rings. The highest BCUT2D eigenvalue weighted by Crippen LogP contribution is 2.20. The third-order valence-electron chi connectivity index (χ3n) is 7.95. The number of fused-ring (bicyclic) bond motifs is 1. The number of nitrogens with two attached hydrogens (primary N) is 1. The van der Waals surface area contributed by atoms with Crippen molar-refractivity contribution in [3.8, 4) is 0 Å². The van der Waals surface area contributed by atoms with E-state index in [1.54, 1.807) is 20.2 Å². The number of carbonyl (C=O) groups excluding carboxylic acids is 3. The lowest BCUT2D eigenvalue weighted by atomic mass is 9.98. The molecule has 0 fully saturated rings. The van der Waals surface area contributed by atoms with Crippen molar-refractivity contribution in [2.75, 3.05) is 14.1 Å². The monoisotopic (exact) mass is 604 g/mol. The first kappa shape index (κ1) is 33.1. The Balaban J connectivity index is 1.63. The van der Waals surface area contributed by atoms with Crippen LogP contribution in [-0.4, -0.2) is 59.2 Å². The Bertz CT molecular complexity index is 1610. The average molecular weight is 605 g/mol. The Morgan fingerprint density at radius 1 is 0.733 bits per heavy atom. The minimum absolute atomic E-state index is 0.262. The fraction of sp³-hybridized carbons (Fsp3) is 0.289. The number of nitrogens with one attached hydrogen (secondary N) is 1. The summed E-state index contributed by atoms with van der Waals surface area (Å²) >= 11 is 0. The molecule has 3 amide bonds. The van der Waals surface area contributed by atoms with E-state index in [0.717, 1.165) is 27.5 Å². The summed E-state index contributed by atoms with van der Waals surface area (Å²) in [6, 6.07) is 31.8. The van der Waals surface area contributed by atoms with E-state index in [1.807, 2.05) is 111 Å². The van der Waals surface area contributed by atoms with Crippen molar-refractivity contribution in [3.05, 3.63) is 132 Å². The summed E-state index contributed by atoms with van der Waals surface area (Å²) in [5.41, 5.74) is 8.45. The summed E-state index contributed by atoms with van der Waals surface area (Å²) in [4.78, 5) is 44.5. The van der Waals surface area contributed by atoms with Gasteiger partial charge >= 0.3 is 0 Å². The van der Waals surface area contributed by atoms with Crippen LogP contribution in [0.5, 0.6) is 0 Å². The molecule has 0 radical (unpaired) electrons. The lowest BCUT2D eigenvalue weighted by Crippen LogP contribution is -2.55. The van der Waals surface area contributed by atoms with Crippen LogP contribution in [0.15, 0.2) is 115 Å². The van der Waals surface area contributed by atoms with Gasteiger partial charge in [0.25, 0.3) is 0 Å². The molecular weight excluding hydrogens is 560 g/mol. The van der Waals surface area contributed by atoms with Crippen molar-refractivity contribution >= 4 is 28.5 Å². The average Bonchev–Trinajstić information content (AvgIpc) is 3.04. The summed E-state index contributed by atoms with van der Waals surface area (Å²) in [6.07, 6.45) is 4.35. The Morgan fingerprint density at radius 3 is 1.96 bits per heavy atom. The minimum atomic E-state index is -0.848. The van der Waals surface area contributed by atoms with Crippen molar-refractivity contribution < 1.29 is 14.4 Å². The van der Waals surface area contributed by atoms with E-state index in [1.165, 1.54) is 15.9 Å². The molecule has 0 aromatic heterocycles. The molecule has 3 N–H and O–H groups in total. The summed E-state index contributed by atoms with van der Waals surface area (Å²) < 4.78 is 0. The van der Waals surface area contributed by atoms with Crippen LogP contribution in [0.2, 0.25) is 0 Å². The molecule has 4 rings (SSSR count). The third kappa shape index (κ3) is 9.62. The highest BCUT2D eigenvalue weighted by molar-refractivity contribution is 5.95. The summed E-state index contributed by atoms with van der Waals surface area (Å²) in [6.45, 7) is 4.12. The molecule has 0 spiro atoms. The Labute approximate surface area is 266 Å². The van der Waals surface area contributed by atoms with Gasteiger partial charge in [-0.3, -0.25) is 14.4 Å². The van der Waals surface area contributed by atoms with Gasteiger partial charge in [-0.25, -0.2) is 0 Å². The van der Waals surface area contributed by atoms with Gasteiger partial charge in [-0.2, -0.15) is 0 Å². The van der Waals surface area contributed by atoms with Crippen LogP contribution in [0.1, 0.15) is 37.0 Å². The second-order valence-electron chi connectivity index (χ2n) is 12.3. The quantitative estimate of drug-likeness (QED) is 0.203. The predicted molar refractivity (Wildman–Crippen MR) is 181 cm³/mol. The molecular formula is C38H44N4O3. The zero-order valence-electron chi connectivity index (χ0n) is 26.6. The van der Waals surface area contributed by atoms with Crippen LogP contribution in [0.25, 0.3) is 10.8 Å². The molecule has 234 valence electrons. The highest BCUT2D eigenvalue weighted by Gasteiger charge is 2.34. The molecule has 4 aromatic rings. The van der Waals surface area contributed by atoms with Crippen molar-refractivity contribution in [2.24, 2.45) is 5.73 Å². The summed E-state index contributed by atoms with van der Waals surface area (Å²) in [5, 5.41) is 5.17. The molecule has 2 atom stereocenters. The highest BCUT2D eigenvalue weighted by atomic mass is 16.2. The Morgan fingerprint density at radius 2 is 1.31 bits per heavy atom. The largest absolute Gasteiger partial charge is 0.350 e. The smallest absolute Gasteiger partial charge is 0.246 e. The molecule has 0 heterocycles. The van der Waals surface area contributed by atoms with Crippen LogP contribution in [-0.2, 0) is 33.8 Å². The van der Waals surface area contributed by atoms with Crippen molar-refractivity contribution in [3.63, 3.8) is 0 Å². The van der Waals surface area contributed by atoms with Gasteiger partial charge in [0, 0.05) is 39.0 Å². The standard InChI is InChI=1S/C38H44N4O3/c1-38(2,39)23-13-20-35(43)41(3)34(26-30-21-22-31-18-11-12-19-32(31)24-30)37(45)42(4)33(25-28-14-7-5-8-15-28)36(44)40-27-29-16-9-6-10-17-29/h5-22,24,33-34H,23,25-27,39H2,1-4H3,(H,40,44)/t33?,34-/m1/s1. The first-order valence-electron chi connectivity index (χ1n) is 15.3. The molecule has 0 saturated carbocycles. The Kier molecular flexibility index (Phi) is 11.3. The molecule has 0 saturated heterocycles. The van der Waals surface area contributed by atoms with E-state index in [-0.39, 0.29) is 24.1 Å². The molecule has 0 bridgehead atoms.